The number of Topliss-reactive ketones (excluding diaryl/α,β-unsaturated/α-hetero) is 1. The van der Waals surface area contributed by atoms with Crippen LogP contribution in [0.1, 0.15) is 34.1 Å². The lowest BCUT2D eigenvalue weighted by Gasteiger charge is -2.07. The quantitative estimate of drug-likeness (QED) is 0.574. The van der Waals surface area contributed by atoms with E-state index in [0.717, 1.165) is 6.61 Å². The summed E-state index contributed by atoms with van der Waals surface area (Å²) in [6.07, 6.45) is 0.560. The van der Waals surface area contributed by atoms with Crippen LogP contribution in [0.5, 0.6) is 0 Å². The van der Waals surface area contributed by atoms with Crippen molar-refractivity contribution in [3.8, 4) is 0 Å². The highest BCUT2D eigenvalue weighted by atomic mass is 16.5. The molecule has 2 nitrogen and oxygen atoms in total. The van der Waals surface area contributed by atoms with E-state index in [4.69, 9.17) is 4.74 Å². The summed E-state index contributed by atoms with van der Waals surface area (Å²) in [5.41, 5.74) is 0. The van der Waals surface area contributed by atoms with E-state index in [0.29, 0.717) is 24.7 Å². The Morgan fingerprint density at radius 2 is 1.83 bits per heavy atom. The minimum atomic E-state index is 0.146. The van der Waals surface area contributed by atoms with E-state index in [-0.39, 0.29) is 5.92 Å². The summed E-state index contributed by atoms with van der Waals surface area (Å²) < 4.78 is 5.30. The zero-order valence-corrected chi connectivity index (χ0v) is 8.59. The zero-order valence-electron chi connectivity index (χ0n) is 8.59. The molecule has 0 fully saturated rings. The van der Waals surface area contributed by atoms with Crippen molar-refractivity contribution in [1.82, 2.24) is 0 Å². The first-order valence-corrected chi connectivity index (χ1v) is 4.64. The van der Waals surface area contributed by atoms with Gasteiger partial charge < -0.3 is 4.74 Å². The van der Waals surface area contributed by atoms with Gasteiger partial charge in [0.25, 0.3) is 0 Å². The smallest absolute Gasteiger partial charge is 0.137 e. The first-order valence-electron chi connectivity index (χ1n) is 4.64. The SMILES string of the molecule is CC(C)COCCC(=O)C(C)C. The lowest BCUT2D eigenvalue weighted by atomic mass is 10.1. The minimum absolute atomic E-state index is 0.146. The van der Waals surface area contributed by atoms with E-state index in [1.165, 1.54) is 0 Å². The second-order valence-electron chi connectivity index (χ2n) is 3.84. The van der Waals surface area contributed by atoms with Gasteiger partial charge in [-0.05, 0) is 5.92 Å². The van der Waals surface area contributed by atoms with E-state index in [2.05, 4.69) is 13.8 Å². The number of ketones is 1. The Morgan fingerprint density at radius 3 is 2.25 bits per heavy atom. The molecular formula is C10H20O2. The fourth-order valence-electron chi connectivity index (χ4n) is 0.780. The van der Waals surface area contributed by atoms with Crippen LogP contribution in [0.4, 0.5) is 0 Å². The Bertz CT molecular complexity index is 128. The van der Waals surface area contributed by atoms with Crippen LogP contribution in [-0.2, 0) is 9.53 Å². The third kappa shape index (κ3) is 6.35. The second-order valence-corrected chi connectivity index (χ2v) is 3.84. The maximum Gasteiger partial charge on any atom is 0.137 e. The number of carbonyl (C=O) groups is 1. The molecule has 0 radical (unpaired) electrons. The van der Waals surface area contributed by atoms with Crippen LogP contribution in [0, 0.1) is 11.8 Å². The van der Waals surface area contributed by atoms with Gasteiger partial charge in [0.2, 0.25) is 0 Å². The maximum atomic E-state index is 11.1. The molecule has 0 aliphatic rings. The summed E-state index contributed by atoms with van der Waals surface area (Å²) in [6.45, 7) is 9.38. The predicted molar refractivity (Wildman–Crippen MR) is 50.1 cm³/mol. The Kier molecular flexibility index (Phi) is 5.99. The molecule has 0 aromatic carbocycles. The van der Waals surface area contributed by atoms with Gasteiger partial charge >= 0.3 is 0 Å². The largest absolute Gasteiger partial charge is 0.381 e. The highest BCUT2D eigenvalue weighted by Crippen LogP contribution is 2.00. The average Bonchev–Trinajstić information content (AvgIpc) is 1.97. The number of hydrogen-bond acceptors (Lipinski definition) is 2. The number of carbonyl (C=O) groups excluding carboxylic acids is 1. The highest BCUT2D eigenvalue weighted by Gasteiger charge is 2.06. The van der Waals surface area contributed by atoms with Crippen molar-refractivity contribution in [2.24, 2.45) is 11.8 Å². The summed E-state index contributed by atoms with van der Waals surface area (Å²) in [7, 11) is 0. The maximum absolute atomic E-state index is 11.1. The third-order valence-corrected chi connectivity index (χ3v) is 1.59. The molecular weight excluding hydrogens is 152 g/mol. The fraction of sp³-hybridized carbons (Fsp3) is 0.900. The summed E-state index contributed by atoms with van der Waals surface area (Å²) in [5.74, 6) is 0.991. The molecule has 0 aliphatic carbocycles. The molecule has 0 N–H and O–H groups in total. The van der Waals surface area contributed by atoms with Gasteiger partial charge in [-0.2, -0.15) is 0 Å². The van der Waals surface area contributed by atoms with Crippen LogP contribution in [-0.4, -0.2) is 19.0 Å². The normalized spacial score (nSPS) is 11.2. The Balaban J connectivity index is 3.26. The van der Waals surface area contributed by atoms with Crippen molar-refractivity contribution in [2.75, 3.05) is 13.2 Å². The predicted octanol–water partition coefficient (Wildman–Crippen LogP) is 2.27. The van der Waals surface area contributed by atoms with Gasteiger partial charge in [-0.25, -0.2) is 0 Å². The standard InChI is InChI=1S/C10H20O2/c1-8(2)7-12-6-5-10(11)9(3)4/h8-9H,5-7H2,1-4H3. The van der Waals surface area contributed by atoms with Gasteiger partial charge in [0.05, 0.1) is 6.61 Å². The summed E-state index contributed by atoms with van der Waals surface area (Å²) in [6, 6.07) is 0. The molecule has 0 aliphatic heterocycles. The monoisotopic (exact) mass is 172 g/mol. The van der Waals surface area contributed by atoms with Crippen LogP contribution in [0.3, 0.4) is 0 Å². The summed E-state index contributed by atoms with van der Waals surface area (Å²) in [4.78, 5) is 11.1. The molecule has 72 valence electrons. The van der Waals surface area contributed by atoms with E-state index >= 15 is 0 Å². The molecule has 0 rings (SSSR count). The molecule has 0 heterocycles. The molecule has 0 spiro atoms. The molecule has 0 unspecified atom stereocenters. The van der Waals surface area contributed by atoms with Crippen LogP contribution >= 0.6 is 0 Å². The van der Waals surface area contributed by atoms with Crippen molar-refractivity contribution in [3.63, 3.8) is 0 Å². The molecule has 2 heteroatoms. The van der Waals surface area contributed by atoms with Gasteiger partial charge in [-0.1, -0.05) is 27.7 Å². The van der Waals surface area contributed by atoms with Crippen molar-refractivity contribution < 1.29 is 9.53 Å². The Labute approximate surface area is 75.3 Å². The third-order valence-electron chi connectivity index (χ3n) is 1.59. The van der Waals surface area contributed by atoms with Gasteiger partial charge in [0.1, 0.15) is 5.78 Å². The number of ether oxygens (including phenoxy) is 1. The molecule has 0 saturated heterocycles. The average molecular weight is 172 g/mol. The van der Waals surface area contributed by atoms with E-state index in [1.807, 2.05) is 13.8 Å². The van der Waals surface area contributed by atoms with Crippen molar-refractivity contribution in [3.05, 3.63) is 0 Å². The number of rotatable bonds is 6. The van der Waals surface area contributed by atoms with Crippen LogP contribution in [0.15, 0.2) is 0 Å². The zero-order chi connectivity index (χ0) is 9.56. The molecule has 0 saturated carbocycles. The lowest BCUT2D eigenvalue weighted by Crippen LogP contribution is -2.12. The second kappa shape index (κ2) is 6.18. The van der Waals surface area contributed by atoms with Gasteiger partial charge in [-0.15, -0.1) is 0 Å². The van der Waals surface area contributed by atoms with E-state index in [1.54, 1.807) is 0 Å². The van der Waals surface area contributed by atoms with Crippen LogP contribution < -0.4 is 0 Å². The van der Waals surface area contributed by atoms with Crippen LogP contribution in [0.25, 0.3) is 0 Å². The highest BCUT2D eigenvalue weighted by molar-refractivity contribution is 5.80. The first kappa shape index (κ1) is 11.6. The van der Waals surface area contributed by atoms with E-state index < -0.39 is 0 Å². The molecule has 12 heavy (non-hydrogen) atoms. The first-order chi connectivity index (χ1) is 5.54. The lowest BCUT2D eigenvalue weighted by molar-refractivity contribution is -0.123. The molecule has 0 bridgehead atoms. The molecule has 0 amide bonds. The van der Waals surface area contributed by atoms with E-state index in [9.17, 15) is 4.79 Å². The van der Waals surface area contributed by atoms with Crippen molar-refractivity contribution >= 4 is 5.78 Å². The summed E-state index contributed by atoms with van der Waals surface area (Å²) in [5, 5.41) is 0. The van der Waals surface area contributed by atoms with Crippen molar-refractivity contribution in [1.29, 1.82) is 0 Å². The van der Waals surface area contributed by atoms with Crippen LogP contribution in [0.2, 0.25) is 0 Å². The summed E-state index contributed by atoms with van der Waals surface area (Å²) >= 11 is 0. The van der Waals surface area contributed by atoms with Gasteiger partial charge in [0.15, 0.2) is 0 Å². The number of hydrogen-bond donors (Lipinski definition) is 0. The topological polar surface area (TPSA) is 26.3 Å². The fourth-order valence-corrected chi connectivity index (χ4v) is 0.780. The van der Waals surface area contributed by atoms with Gasteiger partial charge in [-0.3, -0.25) is 4.79 Å². The molecule has 0 aromatic rings. The Hall–Kier alpha value is -0.370. The van der Waals surface area contributed by atoms with Crippen molar-refractivity contribution in [2.45, 2.75) is 34.1 Å². The Morgan fingerprint density at radius 1 is 1.25 bits per heavy atom. The molecule has 0 aromatic heterocycles. The molecule has 0 atom stereocenters. The van der Waals surface area contributed by atoms with Gasteiger partial charge in [0, 0.05) is 18.9 Å². The minimum Gasteiger partial charge on any atom is -0.381 e.